The average Bonchev–Trinajstić information content (AvgIpc) is 3.33. The number of aliphatic hydroxyl groups excluding tert-OH is 1. The van der Waals surface area contributed by atoms with E-state index in [2.05, 4.69) is 5.32 Å². The number of aryl methyl sites for hydroxylation is 1. The standard InChI is InChI=1S/C25H25ClN2O3S/c1-16-4-10-19(11-5-16)28-23(30)13-12-20(24(28)22-3-2-14-32-22)25(31)27-15-21(29)17-6-8-18(26)9-7-17/h2-11,14,20-21,24,29H,12-13,15H2,1H3,(H,27,31). The number of thiophene rings is 1. The number of piperidine rings is 1. The highest BCUT2D eigenvalue weighted by molar-refractivity contribution is 7.10. The molecule has 1 aromatic heterocycles. The van der Waals surface area contributed by atoms with Crippen LogP contribution in [0.2, 0.25) is 5.02 Å². The summed E-state index contributed by atoms with van der Waals surface area (Å²) in [4.78, 5) is 29.0. The lowest BCUT2D eigenvalue weighted by molar-refractivity contribution is -0.129. The Hall–Kier alpha value is -2.67. The highest BCUT2D eigenvalue weighted by atomic mass is 35.5. The first-order valence-corrected chi connectivity index (χ1v) is 11.8. The van der Waals surface area contributed by atoms with Gasteiger partial charge in [0, 0.05) is 28.6 Å². The molecule has 3 aromatic rings. The van der Waals surface area contributed by atoms with E-state index in [1.807, 2.05) is 48.7 Å². The Morgan fingerprint density at radius 1 is 1.19 bits per heavy atom. The minimum absolute atomic E-state index is 0.0116. The second-order valence-electron chi connectivity index (χ2n) is 8.02. The second kappa shape index (κ2) is 9.86. The summed E-state index contributed by atoms with van der Waals surface area (Å²) in [6, 6.07) is 18.2. The van der Waals surface area contributed by atoms with Crippen LogP contribution in [0, 0.1) is 12.8 Å². The molecule has 1 aliphatic rings. The smallest absolute Gasteiger partial charge is 0.227 e. The number of amides is 2. The lowest BCUT2D eigenvalue weighted by Crippen LogP contribution is -2.48. The molecule has 0 aliphatic carbocycles. The van der Waals surface area contributed by atoms with Crippen LogP contribution in [0.3, 0.4) is 0 Å². The van der Waals surface area contributed by atoms with Gasteiger partial charge in [-0.05, 0) is 54.6 Å². The van der Waals surface area contributed by atoms with Crippen LogP contribution in [-0.4, -0.2) is 23.5 Å². The highest BCUT2D eigenvalue weighted by Crippen LogP contribution is 2.41. The Balaban J connectivity index is 1.56. The van der Waals surface area contributed by atoms with Gasteiger partial charge in [-0.1, -0.05) is 47.5 Å². The van der Waals surface area contributed by atoms with E-state index in [0.717, 1.165) is 16.1 Å². The van der Waals surface area contributed by atoms with Gasteiger partial charge in [0.2, 0.25) is 11.8 Å². The van der Waals surface area contributed by atoms with E-state index in [4.69, 9.17) is 11.6 Å². The number of hydrogen-bond donors (Lipinski definition) is 2. The third-order valence-corrected chi connectivity index (χ3v) is 7.00. The molecular formula is C25H25ClN2O3S. The summed E-state index contributed by atoms with van der Waals surface area (Å²) in [6.07, 6.45) is -0.0740. The topological polar surface area (TPSA) is 69.6 Å². The van der Waals surface area contributed by atoms with E-state index in [1.54, 1.807) is 40.5 Å². The van der Waals surface area contributed by atoms with Gasteiger partial charge < -0.3 is 15.3 Å². The quantitative estimate of drug-likeness (QED) is 0.532. The largest absolute Gasteiger partial charge is 0.387 e. The lowest BCUT2D eigenvalue weighted by Gasteiger charge is -2.40. The molecule has 2 amide bonds. The van der Waals surface area contributed by atoms with Gasteiger partial charge in [0.1, 0.15) is 0 Å². The summed E-state index contributed by atoms with van der Waals surface area (Å²) < 4.78 is 0. The number of rotatable bonds is 6. The number of anilines is 1. The molecule has 2 heterocycles. The van der Waals surface area contributed by atoms with Crippen molar-refractivity contribution in [3.8, 4) is 0 Å². The van der Waals surface area contributed by atoms with Crippen LogP contribution < -0.4 is 10.2 Å². The Bertz CT molecular complexity index is 1070. The molecule has 166 valence electrons. The van der Waals surface area contributed by atoms with Gasteiger partial charge in [0.25, 0.3) is 0 Å². The molecule has 5 nitrogen and oxygen atoms in total. The number of nitrogens with zero attached hydrogens (tertiary/aromatic N) is 1. The molecule has 2 aromatic carbocycles. The molecule has 1 aliphatic heterocycles. The zero-order valence-corrected chi connectivity index (χ0v) is 19.3. The second-order valence-corrected chi connectivity index (χ2v) is 9.43. The average molecular weight is 469 g/mol. The predicted molar refractivity (Wildman–Crippen MR) is 128 cm³/mol. The van der Waals surface area contributed by atoms with Crippen molar-refractivity contribution in [1.29, 1.82) is 0 Å². The number of carbonyl (C=O) groups excluding carboxylic acids is 2. The Morgan fingerprint density at radius 3 is 2.56 bits per heavy atom. The monoisotopic (exact) mass is 468 g/mol. The molecule has 0 saturated carbocycles. The fourth-order valence-corrected chi connectivity index (χ4v) is 5.10. The number of halogens is 1. The van der Waals surface area contributed by atoms with E-state index >= 15 is 0 Å². The van der Waals surface area contributed by atoms with Crippen molar-refractivity contribution in [2.45, 2.75) is 31.9 Å². The third kappa shape index (κ3) is 4.88. The Morgan fingerprint density at radius 2 is 1.91 bits per heavy atom. The van der Waals surface area contributed by atoms with Crippen LogP contribution in [-0.2, 0) is 9.59 Å². The fraction of sp³-hybridized carbons (Fsp3) is 0.280. The van der Waals surface area contributed by atoms with Gasteiger partial charge in [0.15, 0.2) is 0 Å². The first-order valence-electron chi connectivity index (χ1n) is 10.6. The van der Waals surface area contributed by atoms with E-state index < -0.39 is 12.0 Å². The normalized spacial score (nSPS) is 19.6. The first-order chi connectivity index (χ1) is 15.4. The maximum Gasteiger partial charge on any atom is 0.227 e. The van der Waals surface area contributed by atoms with E-state index in [-0.39, 0.29) is 24.4 Å². The number of benzene rings is 2. The van der Waals surface area contributed by atoms with Crippen molar-refractivity contribution in [3.63, 3.8) is 0 Å². The molecule has 0 bridgehead atoms. The number of aliphatic hydroxyl groups is 1. The number of carbonyl (C=O) groups is 2. The molecule has 7 heteroatoms. The van der Waals surface area contributed by atoms with E-state index in [9.17, 15) is 14.7 Å². The van der Waals surface area contributed by atoms with Crippen LogP contribution in [0.5, 0.6) is 0 Å². The highest BCUT2D eigenvalue weighted by Gasteiger charge is 2.42. The molecule has 1 fully saturated rings. The minimum atomic E-state index is -0.838. The van der Waals surface area contributed by atoms with Crippen LogP contribution in [0.1, 0.15) is 41.0 Å². The van der Waals surface area contributed by atoms with Crippen LogP contribution >= 0.6 is 22.9 Å². The van der Waals surface area contributed by atoms with E-state index in [1.165, 1.54) is 0 Å². The maximum atomic E-state index is 13.3. The molecule has 4 rings (SSSR count). The summed E-state index contributed by atoms with van der Waals surface area (Å²) in [5, 5.41) is 15.9. The molecule has 3 unspecified atom stereocenters. The molecular weight excluding hydrogens is 444 g/mol. The van der Waals surface area contributed by atoms with E-state index in [0.29, 0.717) is 23.4 Å². The van der Waals surface area contributed by atoms with Crippen molar-refractivity contribution in [2.75, 3.05) is 11.4 Å². The van der Waals surface area contributed by atoms with Crippen molar-refractivity contribution in [2.24, 2.45) is 5.92 Å². The number of hydrogen-bond acceptors (Lipinski definition) is 4. The molecule has 2 N–H and O–H groups in total. The van der Waals surface area contributed by atoms with Gasteiger partial charge in [-0.25, -0.2) is 0 Å². The van der Waals surface area contributed by atoms with Crippen LogP contribution in [0.4, 0.5) is 5.69 Å². The molecule has 1 saturated heterocycles. The summed E-state index contributed by atoms with van der Waals surface area (Å²) >= 11 is 7.45. The van der Waals surface area contributed by atoms with Gasteiger partial charge >= 0.3 is 0 Å². The molecule has 0 radical (unpaired) electrons. The Labute approximate surface area is 196 Å². The summed E-state index contributed by atoms with van der Waals surface area (Å²) in [6.45, 7) is 2.09. The Kier molecular flexibility index (Phi) is 6.94. The van der Waals surface area contributed by atoms with Gasteiger partial charge in [0.05, 0.1) is 18.1 Å². The lowest BCUT2D eigenvalue weighted by atomic mass is 9.86. The first kappa shape index (κ1) is 22.5. The molecule has 32 heavy (non-hydrogen) atoms. The van der Waals surface area contributed by atoms with Gasteiger partial charge in [-0.15, -0.1) is 11.3 Å². The summed E-state index contributed by atoms with van der Waals surface area (Å²) in [5.74, 6) is -0.566. The number of nitrogens with one attached hydrogen (secondary N) is 1. The maximum absolute atomic E-state index is 13.3. The zero-order valence-electron chi connectivity index (χ0n) is 17.7. The van der Waals surface area contributed by atoms with Gasteiger partial charge in [-0.3, -0.25) is 9.59 Å². The summed E-state index contributed by atoms with van der Waals surface area (Å²) in [5.41, 5.74) is 2.58. The molecule has 0 spiro atoms. The van der Waals surface area contributed by atoms with Crippen LogP contribution in [0.25, 0.3) is 0 Å². The molecule has 3 atom stereocenters. The van der Waals surface area contributed by atoms with Crippen molar-refractivity contribution >= 4 is 40.4 Å². The summed E-state index contributed by atoms with van der Waals surface area (Å²) in [7, 11) is 0. The van der Waals surface area contributed by atoms with Crippen LogP contribution in [0.15, 0.2) is 66.0 Å². The fourth-order valence-electron chi connectivity index (χ4n) is 4.09. The van der Waals surface area contributed by atoms with Crippen molar-refractivity contribution in [3.05, 3.63) is 87.1 Å². The predicted octanol–water partition coefficient (Wildman–Crippen LogP) is 5.04. The zero-order chi connectivity index (χ0) is 22.7. The SMILES string of the molecule is Cc1ccc(N2C(=O)CCC(C(=O)NCC(O)c3ccc(Cl)cc3)C2c2cccs2)cc1. The van der Waals surface area contributed by atoms with Gasteiger partial charge in [-0.2, -0.15) is 0 Å². The minimum Gasteiger partial charge on any atom is -0.387 e. The van der Waals surface area contributed by atoms with Crippen molar-refractivity contribution < 1.29 is 14.7 Å². The third-order valence-electron chi connectivity index (χ3n) is 5.81. The van der Waals surface area contributed by atoms with Crippen molar-refractivity contribution in [1.82, 2.24) is 5.32 Å².